The van der Waals surface area contributed by atoms with E-state index in [9.17, 15) is 0 Å². The molecule has 2 aromatic rings. The molecular weight excluding hydrogens is 357 g/mol. The number of unbranched alkanes of at least 4 members (excludes halogenated alkanes) is 1. The van der Waals surface area contributed by atoms with Crippen molar-refractivity contribution in [1.29, 1.82) is 0 Å². The molecule has 3 nitrogen and oxygen atoms in total. The maximum absolute atomic E-state index is 8.78. The van der Waals surface area contributed by atoms with Crippen LogP contribution in [0.25, 0.3) is 10.8 Å². The van der Waals surface area contributed by atoms with Gasteiger partial charge in [-0.2, -0.15) is 0 Å². The van der Waals surface area contributed by atoms with Crippen molar-refractivity contribution in [2.75, 3.05) is 0 Å². The minimum absolute atomic E-state index is 0.105. The Labute approximate surface area is 178 Å². The number of fused-ring (bicyclic) bond motifs is 1. The molecule has 0 bridgehead atoms. The standard InChI is InChI=1S/C13H30BNO2.C12H12/c1-4-8-12(9-5-2)13(3,15)10-6-7-11-14(16)17;1-2-10-7-8-11-5-3-4-6-12(11)9-10/h12,16-17H,4-11,15H2,1-3H3;3-9H,2H2,1H3. The molecule has 0 heterocycles. The van der Waals surface area contributed by atoms with Crippen LogP contribution in [0.5, 0.6) is 0 Å². The molecule has 0 spiro atoms. The van der Waals surface area contributed by atoms with Gasteiger partial charge in [-0.05, 0) is 61.2 Å². The lowest BCUT2D eigenvalue weighted by Crippen LogP contribution is -2.44. The third-order valence-electron chi connectivity index (χ3n) is 5.86. The van der Waals surface area contributed by atoms with Crippen LogP contribution in [0, 0.1) is 5.92 Å². The van der Waals surface area contributed by atoms with Crippen LogP contribution in [-0.4, -0.2) is 22.7 Å². The summed E-state index contributed by atoms with van der Waals surface area (Å²) in [7, 11) is -1.17. The molecule has 2 aromatic carbocycles. The average molecular weight is 399 g/mol. The number of aryl methyl sites for hydroxylation is 1. The second kappa shape index (κ2) is 13.8. The van der Waals surface area contributed by atoms with E-state index in [0.717, 1.165) is 25.7 Å². The molecule has 4 heteroatoms. The van der Waals surface area contributed by atoms with Gasteiger partial charge in [0, 0.05) is 5.54 Å². The van der Waals surface area contributed by atoms with Crippen molar-refractivity contribution >= 4 is 17.9 Å². The second-order valence-corrected chi connectivity index (χ2v) is 8.54. The highest BCUT2D eigenvalue weighted by Crippen LogP contribution is 2.29. The zero-order chi connectivity index (χ0) is 21.7. The van der Waals surface area contributed by atoms with Crippen LogP contribution in [0.3, 0.4) is 0 Å². The lowest BCUT2D eigenvalue weighted by atomic mass is 9.76. The van der Waals surface area contributed by atoms with Crippen molar-refractivity contribution < 1.29 is 10.0 Å². The van der Waals surface area contributed by atoms with Crippen LogP contribution >= 0.6 is 0 Å². The summed E-state index contributed by atoms with van der Waals surface area (Å²) in [4.78, 5) is 0. The van der Waals surface area contributed by atoms with Crippen LogP contribution in [0.4, 0.5) is 0 Å². The van der Waals surface area contributed by atoms with E-state index >= 15 is 0 Å². The molecule has 0 fully saturated rings. The highest BCUT2D eigenvalue weighted by atomic mass is 16.4. The Kier molecular flexibility index (Phi) is 12.2. The zero-order valence-electron chi connectivity index (χ0n) is 19.0. The predicted molar refractivity (Wildman–Crippen MR) is 128 cm³/mol. The summed E-state index contributed by atoms with van der Waals surface area (Å²) in [6.07, 6.45) is 9.15. The van der Waals surface area contributed by atoms with Crippen LogP contribution < -0.4 is 5.73 Å². The van der Waals surface area contributed by atoms with Crippen molar-refractivity contribution in [3.63, 3.8) is 0 Å². The van der Waals surface area contributed by atoms with Crippen LogP contribution in [0.15, 0.2) is 42.5 Å². The van der Waals surface area contributed by atoms with Crippen molar-refractivity contribution in [3.05, 3.63) is 48.0 Å². The molecule has 0 aliphatic rings. The lowest BCUT2D eigenvalue weighted by molar-refractivity contribution is 0.237. The highest BCUT2D eigenvalue weighted by Gasteiger charge is 2.28. The van der Waals surface area contributed by atoms with Gasteiger partial charge in [0.05, 0.1) is 0 Å². The third-order valence-corrected chi connectivity index (χ3v) is 5.86. The molecule has 2 rings (SSSR count). The van der Waals surface area contributed by atoms with E-state index in [0.29, 0.717) is 12.2 Å². The normalized spacial score (nSPS) is 13.1. The molecule has 0 amide bonds. The largest absolute Gasteiger partial charge is 0.451 e. The minimum Gasteiger partial charge on any atom is -0.427 e. The number of benzene rings is 2. The summed E-state index contributed by atoms with van der Waals surface area (Å²) in [5, 5.41) is 20.2. The summed E-state index contributed by atoms with van der Waals surface area (Å²) in [6.45, 7) is 8.75. The Hall–Kier alpha value is -1.36. The van der Waals surface area contributed by atoms with E-state index in [-0.39, 0.29) is 5.54 Å². The monoisotopic (exact) mass is 399 g/mol. The van der Waals surface area contributed by atoms with E-state index in [1.54, 1.807) is 0 Å². The summed E-state index contributed by atoms with van der Waals surface area (Å²) >= 11 is 0. The average Bonchev–Trinajstić information content (AvgIpc) is 2.71. The van der Waals surface area contributed by atoms with Crippen molar-refractivity contribution in [2.24, 2.45) is 11.7 Å². The molecule has 0 aliphatic heterocycles. The van der Waals surface area contributed by atoms with Gasteiger partial charge in [0.1, 0.15) is 0 Å². The van der Waals surface area contributed by atoms with Gasteiger partial charge in [0.2, 0.25) is 0 Å². The first kappa shape index (κ1) is 25.7. The Morgan fingerprint density at radius 1 is 0.931 bits per heavy atom. The number of hydrogen-bond donors (Lipinski definition) is 3. The van der Waals surface area contributed by atoms with Crippen LogP contribution in [0.1, 0.15) is 78.2 Å². The SMILES string of the molecule is CCCC(CCC)C(C)(N)CCCCB(O)O.CCc1ccc2ccccc2c1. The Bertz CT molecular complexity index is 681. The summed E-state index contributed by atoms with van der Waals surface area (Å²) in [5.74, 6) is 0.594. The van der Waals surface area contributed by atoms with Crippen molar-refractivity contribution in [3.8, 4) is 0 Å². The maximum atomic E-state index is 8.78. The number of hydrogen-bond acceptors (Lipinski definition) is 3. The topological polar surface area (TPSA) is 66.5 Å². The van der Waals surface area contributed by atoms with E-state index in [4.69, 9.17) is 15.8 Å². The van der Waals surface area contributed by atoms with Gasteiger partial charge in [-0.3, -0.25) is 0 Å². The molecule has 29 heavy (non-hydrogen) atoms. The lowest BCUT2D eigenvalue weighted by Gasteiger charge is -2.34. The third kappa shape index (κ3) is 9.80. The molecular formula is C25H42BNO2. The first-order valence-corrected chi connectivity index (χ1v) is 11.5. The Morgan fingerprint density at radius 2 is 1.55 bits per heavy atom. The van der Waals surface area contributed by atoms with Crippen LogP contribution in [0.2, 0.25) is 6.32 Å². The molecule has 0 aromatic heterocycles. The van der Waals surface area contributed by atoms with Gasteiger partial charge in [-0.1, -0.05) is 88.9 Å². The molecule has 1 unspecified atom stereocenters. The van der Waals surface area contributed by atoms with E-state index in [1.165, 1.54) is 42.0 Å². The molecule has 162 valence electrons. The van der Waals surface area contributed by atoms with Crippen LogP contribution in [-0.2, 0) is 6.42 Å². The van der Waals surface area contributed by atoms with Gasteiger partial charge in [0.25, 0.3) is 0 Å². The van der Waals surface area contributed by atoms with E-state index < -0.39 is 7.12 Å². The first-order chi connectivity index (χ1) is 13.8. The van der Waals surface area contributed by atoms with Gasteiger partial charge in [0.15, 0.2) is 0 Å². The Morgan fingerprint density at radius 3 is 2.10 bits per heavy atom. The maximum Gasteiger partial charge on any atom is 0.451 e. The van der Waals surface area contributed by atoms with Gasteiger partial charge >= 0.3 is 7.12 Å². The Balaban J connectivity index is 0.000000304. The zero-order valence-corrected chi connectivity index (χ0v) is 19.0. The first-order valence-electron chi connectivity index (χ1n) is 11.5. The smallest absolute Gasteiger partial charge is 0.427 e. The fourth-order valence-corrected chi connectivity index (χ4v) is 4.00. The summed E-state index contributed by atoms with van der Waals surface area (Å²) in [6, 6.07) is 15.1. The molecule has 1 atom stereocenters. The molecule has 0 saturated carbocycles. The number of rotatable bonds is 11. The van der Waals surface area contributed by atoms with Gasteiger partial charge in [-0.15, -0.1) is 0 Å². The highest BCUT2D eigenvalue weighted by molar-refractivity contribution is 6.40. The predicted octanol–water partition coefficient (Wildman–Crippen LogP) is 5.97. The van der Waals surface area contributed by atoms with E-state index in [2.05, 4.69) is 70.2 Å². The molecule has 0 saturated heterocycles. The fourth-order valence-electron chi connectivity index (χ4n) is 4.00. The van der Waals surface area contributed by atoms with Crippen molar-refractivity contribution in [1.82, 2.24) is 0 Å². The quantitative estimate of drug-likeness (QED) is 0.322. The van der Waals surface area contributed by atoms with Crippen molar-refractivity contribution in [2.45, 2.75) is 90.9 Å². The molecule has 4 N–H and O–H groups in total. The van der Waals surface area contributed by atoms with E-state index in [1.807, 2.05) is 0 Å². The number of nitrogens with two attached hydrogens (primary N) is 1. The fraction of sp³-hybridized carbons (Fsp3) is 0.600. The minimum atomic E-state index is -1.17. The molecule has 0 aliphatic carbocycles. The van der Waals surface area contributed by atoms with Gasteiger partial charge < -0.3 is 15.8 Å². The summed E-state index contributed by atoms with van der Waals surface area (Å²) < 4.78 is 0. The molecule has 0 radical (unpaired) electrons. The van der Waals surface area contributed by atoms with Gasteiger partial charge in [-0.25, -0.2) is 0 Å². The summed E-state index contributed by atoms with van der Waals surface area (Å²) in [5.41, 5.74) is 7.73. The second-order valence-electron chi connectivity index (χ2n) is 8.54.